The first-order valence-electron chi connectivity index (χ1n) is 10.7. The minimum Gasteiger partial charge on any atom is -0.502 e. The van der Waals surface area contributed by atoms with Crippen LogP contribution in [0, 0.1) is 10.1 Å². The molecule has 0 radical (unpaired) electrons. The van der Waals surface area contributed by atoms with E-state index in [2.05, 4.69) is 4.72 Å². The SMILES string of the molecule is C[C@H]1Cc2ccccc2N1C(=O)COC(=O)c1ccccc1NS(=O)(=O)c1ccc(O)c([N+](=O)[O-])c1. The van der Waals surface area contributed by atoms with Gasteiger partial charge in [-0.15, -0.1) is 0 Å². The number of hydrogen-bond acceptors (Lipinski definition) is 8. The summed E-state index contributed by atoms with van der Waals surface area (Å²) in [6.07, 6.45) is 0.676. The summed E-state index contributed by atoms with van der Waals surface area (Å²) in [5.41, 5.74) is 0.672. The number of amides is 1. The number of para-hydroxylation sites is 2. The summed E-state index contributed by atoms with van der Waals surface area (Å²) in [6.45, 7) is 1.33. The first-order chi connectivity index (χ1) is 17.1. The van der Waals surface area contributed by atoms with Crippen molar-refractivity contribution < 1.29 is 32.8 Å². The maximum absolute atomic E-state index is 12.8. The van der Waals surface area contributed by atoms with Gasteiger partial charge in [-0.3, -0.25) is 19.6 Å². The number of nitrogens with one attached hydrogen (secondary N) is 1. The van der Waals surface area contributed by atoms with E-state index >= 15 is 0 Å². The lowest BCUT2D eigenvalue weighted by Gasteiger charge is -2.22. The van der Waals surface area contributed by atoms with Crippen LogP contribution >= 0.6 is 0 Å². The second-order valence-corrected chi connectivity index (χ2v) is 9.76. The number of benzene rings is 3. The van der Waals surface area contributed by atoms with E-state index in [4.69, 9.17) is 4.74 Å². The first-order valence-corrected chi connectivity index (χ1v) is 12.2. The molecule has 0 saturated carbocycles. The summed E-state index contributed by atoms with van der Waals surface area (Å²) in [5.74, 6) is -2.05. The Morgan fingerprint density at radius 3 is 2.58 bits per heavy atom. The quantitative estimate of drug-likeness (QED) is 0.278. The van der Waals surface area contributed by atoms with Gasteiger partial charge in [0, 0.05) is 17.8 Å². The van der Waals surface area contributed by atoms with E-state index in [0.29, 0.717) is 12.5 Å². The van der Waals surface area contributed by atoms with E-state index in [-0.39, 0.29) is 17.3 Å². The van der Waals surface area contributed by atoms with Gasteiger partial charge in [-0.25, -0.2) is 13.2 Å². The van der Waals surface area contributed by atoms with Crippen molar-refractivity contribution in [3.05, 3.63) is 88.0 Å². The highest BCUT2D eigenvalue weighted by molar-refractivity contribution is 7.92. The zero-order valence-corrected chi connectivity index (χ0v) is 19.8. The van der Waals surface area contributed by atoms with Gasteiger partial charge >= 0.3 is 11.7 Å². The van der Waals surface area contributed by atoms with Crippen LogP contribution < -0.4 is 9.62 Å². The molecule has 11 nitrogen and oxygen atoms in total. The zero-order chi connectivity index (χ0) is 26.0. The van der Waals surface area contributed by atoms with Gasteiger partial charge in [0.1, 0.15) is 0 Å². The number of carbonyl (C=O) groups is 2. The Morgan fingerprint density at radius 2 is 1.83 bits per heavy atom. The molecule has 1 aliphatic heterocycles. The van der Waals surface area contributed by atoms with Gasteiger partial charge in [0.15, 0.2) is 12.4 Å². The number of fused-ring (bicyclic) bond motifs is 1. The van der Waals surface area contributed by atoms with Crippen molar-refractivity contribution in [2.45, 2.75) is 24.3 Å². The molecule has 0 spiro atoms. The normalized spacial score (nSPS) is 14.7. The average Bonchev–Trinajstić information content (AvgIpc) is 3.18. The van der Waals surface area contributed by atoms with E-state index < -0.39 is 49.8 Å². The van der Waals surface area contributed by atoms with Gasteiger partial charge in [0.25, 0.3) is 15.9 Å². The first kappa shape index (κ1) is 24.7. The van der Waals surface area contributed by atoms with Crippen molar-refractivity contribution in [2.75, 3.05) is 16.2 Å². The molecule has 12 heteroatoms. The van der Waals surface area contributed by atoms with E-state index in [1.807, 2.05) is 31.2 Å². The number of phenols is 1. The predicted octanol–water partition coefficient (Wildman–Crippen LogP) is 3.24. The van der Waals surface area contributed by atoms with Gasteiger partial charge in [0.2, 0.25) is 0 Å². The molecule has 0 fully saturated rings. The third-order valence-corrected chi connectivity index (χ3v) is 7.01. The fraction of sp³-hybridized carbons (Fsp3) is 0.167. The summed E-state index contributed by atoms with van der Waals surface area (Å²) >= 11 is 0. The van der Waals surface area contributed by atoms with Crippen LogP contribution in [0.2, 0.25) is 0 Å². The van der Waals surface area contributed by atoms with Crippen molar-refractivity contribution in [1.29, 1.82) is 0 Å². The Kier molecular flexibility index (Phi) is 6.62. The Morgan fingerprint density at radius 1 is 1.14 bits per heavy atom. The molecule has 0 saturated heterocycles. The minimum absolute atomic E-state index is 0.109. The lowest BCUT2D eigenvalue weighted by atomic mass is 10.1. The van der Waals surface area contributed by atoms with Crippen LogP contribution in [0.5, 0.6) is 5.75 Å². The third-order valence-electron chi connectivity index (χ3n) is 5.65. The molecule has 0 aliphatic carbocycles. The van der Waals surface area contributed by atoms with Gasteiger partial charge in [-0.1, -0.05) is 30.3 Å². The molecular formula is C24H21N3O8S. The molecule has 1 atom stereocenters. The second-order valence-electron chi connectivity index (χ2n) is 8.08. The van der Waals surface area contributed by atoms with Crippen LogP contribution in [-0.2, 0) is 26.0 Å². The molecule has 1 heterocycles. The van der Waals surface area contributed by atoms with Crippen LogP contribution in [0.3, 0.4) is 0 Å². The number of sulfonamides is 1. The monoisotopic (exact) mass is 511 g/mol. The molecule has 1 aliphatic rings. The lowest BCUT2D eigenvalue weighted by molar-refractivity contribution is -0.386. The number of ether oxygens (including phenoxy) is 1. The molecule has 0 bridgehead atoms. The number of rotatable bonds is 7. The summed E-state index contributed by atoms with van der Waals surface area (Å²) in [6, 6.07) is 15.5. The number of hydrogen-bond donors (Lipinski definition) is 2. The van der Waals surface area contributed by atoms with E-state index in [0.717, 1.165) is 23.4 Å². The Balaban J connectivity index is 1.50. The molecule has 3 aromatic carbocycles. The molecule has 3 aromatic rings. The summed E-state index contributed by atoms with van der Waals surface area (Å²) in [5, 5.41) is 20.6. The number of nitro benzene ring substituents is 1. The van der Waals surface area contributed by atoms with E-state index in [1.54, 1.807) is 4.90 Å². The maximum atomic E-state index is 12.8. The smallest absolute Gasteiger partial charge is 0.340 e. The molecule has 1 amide bonds. The number of phenolic OH excluding ortho intramolecular Hbond substituents is 1. The Hall–Kier alpha value is -4.45. The van der Waals surface area contributed by atoms with Crippen LogP contribution in [0.4, 0.5) is 17.1 Å². The third kappa shape index (κ3) is 4.84. The molecule has 4 rings (SSSR count). The largest absolute Gasteiger partial charge is 0.502 e. The van der Waals surface area contributed by atoms with Crippen LogP contribution in [-0.4, -0.2) is 43.0 Å². The summed E-state index contributed by atoms with van der Waals surface area (Å²) in [7, 11) is -4.38. The van der Waals surface area contributed by atoms with Crippen LogP contribution in [0.1, 0.15) is 22.8 Å². The highest BCUT2D eigenvalue weighted by Gasteiger charge is 2.31. The standard InChI is InChI=1S/C24H21N3O8S/c1-15-12-16-6-2-5-9-20(16)26(15)23(29)14-35-24(30)18-7-3-4-8-19(18)25-36(33,34)17-10-11-22(28)21(13-17)27(31)32/h2-11,13,15,25,28H,12,14H2,1H3/t15-/m0/s1. The topological polar surface area (TPSA) is 156 Å². The second kappa shape index (κ2) is 9.66. The van der Waals surface area contributed by atoms with Gasteiger partial charge < -0.3 is 14.7 Å². The van der Waals surface area contributed by atoms with E-state index in [9.17, 15) is 33.2 Å². The average molecular weight is 512 g/mol. The maximum Gasteiger partial charge on any atom is 0.340 e. The van der Waals surface area contributed by atoms with Gasteiger partial charge in [0.05, 0.1) is 21.1 Å². The van der Waals surface area contributed by atoms with Crippen molar-refractivity contribution in [1.82, 2.24) is 0 Å². The highest BCUT2D eigenvalue weighted by Crippen LogP contribution is 2.32. The molecule has 2 N–H and O–H groups in total. The summed E-state index contributed by atoms with van der Waals surface area (Å²) in [4.78, 5) is 36.8. The number of carbonyl (C=O) groups excluding carboxylic acids is 2. The molecule has 186 valence electrons. The number of esters is 1. The number of anilines is 2. The van der Waals surface area contributed by atoms with Crippen LogP contribution in [0.15, 0.2) is 71.6 Å². The summed E-state index contributed by atoms with van der Waals surface area (Å²) < 4.78 is 33.1. The van der Waals surface area contributed by atoms with E-state index in [1.165, 1.54) is 24.3 Å². The van der Waals surface area contributed by atoms with Crippen molar-refractivity contribution >= 4 is 39.0 Å². The predicted molar refractivity (Wildman–Crippen MR) is 129 cm³/mol. The van der Waals surface area contributed by atoms with Crippen molar-refractivity contribution in [3.8, 4) is 5.75 Å². The Labute approximate surface area is 206 Å². The minimum atomic E-state index is -4.38. The highest BCUT2D eigenvalue weighted by atomic mass is 32.2. The van der Waals surface area contributed by atoms with Gasteiger partial charge in [-0.05, 0) is 49.2 Å². The number of nitro groups is 1. The van der Waals surface area contributed by atoms with Crippen LogP contribution in [0.25, 0.3) is 0 Å². The fourth-order valence-corrected chi connectivity index (χ4v) is 5.09. The van der Waals surface area contributed by atoms with Crippen molar-refractivity contribution in [3.63, 3.8) is 0 Å². The lowest BCUT2D eigenvalue weighted by Crippen LogP contribution is -2.38. The van der Waals surface area contributed by atoms with Crippen molar-refractivity contribution in [2.24, 2.45) is 0 Å². The Bertz CT molecular complexity index is 1470. The molecule has 0 unspecified atom stereocenters. The molecular weight excluding hydrogens is 490 g/mol. The fourth-order valence-electron chi connectivity index (χ4n) is 3.99. The van der Waals surface area contributed by atoms with Gasteiger partial charge in [-0.2, -0.15) is 0 Å². The number of aromatic hydroxyl groups is 1. The number of nitrogens with zero attached hydrogens (tertiary/aromatic N) is 2. The zero-order valence-electron chi connectivity index (χ0n) is 19.0. The molecule has 36 heavy (non-hydrogen) atoms. The molecule has 0 aromatic heterocycles.